The van der Waals surface area contributed by atoms with Gasteiger partial charge < -0.3 is 20.1 Å². The molecule has 0 saturated carbocycles. The number of aliphatic hydroxyl groups is 1. The molecule has 21 heavy (non-hydrogen) atoms. The van der Waals surface area contributed by atoms with E-state index in [1.807, 2.05) is 0 Å². The van der Waals surface area contributed by atoms with Gasteiger partial charge in [0.2, 0.25) is 0 Å². The minimum atomic E-state index is -0.639. The maximum atomic E-state index is 13.4. The zero-order valence-corrected chi connectivity index (χ0v) is 12.8. The summed E-state index contributed by atoms with van der Waals surface area (Å²) in [6.07, 6.45) is 1.53. The van der Waals surface area contributed by atoms with Crippen LogP contribution in [0.25, 0.3) is 0 Å². The van der Waals surface area contributed by atoms with Crippen LogP contribution < -0.4 is 10.1 Å². The number of rotatable bonds is 6. The Balaban J connectivity index is 1.68. The van der Waals surface area contributed by atoms with Crippen LogP contribution in [0.2, 0.25) is 0 Å². The Morgan fingerprint density at radius 2 is 2.24 bits per heavy atom. The topological polar surface area (TPSA) is 44.7 Å². The van der Waals surface area contributed by atoms with Crippen LogP contribution in [0.1, 0.15) is 19.8 Å². The first kappa shape index (κ1) is 16.2. The van der Waals surface area contributed by atoms with Gasteiger partial charge in [-0.15, -0.1) is 0 Å². The monoisotopic (exact) mass is 296 g/mol. The van der Waals surface area contributed by atoms with E-state index >= 15 is 0 Å². The van der Waals surface area contributed by atoms with Gasteiger partial charge in [0.05, 0.1) is 0 Å². The molecule has 3 atom stereocenters. The first-order chi connectivity index (χ1) is 10.1. The molecule has 4 nitrogen and oxygen atoms in total. The zero-order chi connectivity index (χ0) is 15.2. The largest absolute Gasteiger partial charge is 0.488 e. The molecule has 1 aliphatic rings. The predicted octanol–water partition coefficient (Wildman–Crippen LogP) is 1.64. The molecule has 1 aromatic carbocycles. The first-order valence-electron chi connectivity index (χ1n) is 7.55. The molecular weight excluding hydrogens is 271 g/mol. The number of halogens is 1. The van der Waals surface area contributed by atoms with Crippen molar-refractivity contribution < 1.29 is 14.2 Å². The second kappa shape index (κ2) is 7.73. The van der Waals surface area contributed by atoms with Crippen molar-refractivity contribution in [2.24, 2.45) is 0 Å². The number of likely N-dealkylation sites (tertiary alicyclic amines) is 1. The molecule has 2 N–H and O–H groups in total. The van der Waals surface area contributed by atoms with E-state index in [0.29, 0.717) is 18.6 Å². The highest BCUT2D eigenvalue weighted by molar-refractivity contribution is 5.23. The summed E-state index contributed by atoms with van der Waals surface area (Å²) in [4.78, 5) is 2.34. The molecule has 0 radical (unpaired) electrons. The van der Waals surface area contributed by atoms with E-state index in [0.717, 1.165) is 19.4 Å². The molecule has 0 spiro atoms. The summed E-state index contributed by atoms with van der Waals surface area (Å²) in [5.74, 6) is -0.216. The van der Waals surface area contributed by atoms with Gasteiger partial charge in [0.15, 0.2) is 11.6 Å². The standard InChI is InChI=1S/C16H25FN2O2/c1-12-9-13(7-8-19(12)2)18-10-14(20)11-21-16-6-4-3-5-15(16)17/h3-6,12-14,18,20H,7-11H2,1-2H3. The summed E-state index contributed by atoms with van der Waals surface area (Å²) >= 11 is 0. The van der Waals surface area contributed by atoms with Crippen molar-refractivity contribution in [3.8, 4) is 5.75 Å². The molecule has 1 heterocycles. The van der Waals surface area contributed by atoms with Gasteiger partial charge in [0, 0.05) is 18.6 Å². The lowest BCUT2D eigenvalue weighted by molar-refractivity contribution is 0.0936. The van der Waals surface area contributed by atoms with E-state index in [9.17, 15) is 9.50 Å². The Kier molecular flexibility index (Phi) is 5.96. The summed E-state index contributed by atoms with van der Waals surface area (Å²) in [6, 6.07) is 7.22. The molecule has 1 fully saturated rings. The van der Waals surface area contributed by atoms with Gasteiger partial charge in [-0.05, 0) is 45.5 Å². The molecule has 3 unspecified atom stereocenters. The molecule has 2 rings (SSSR count). The van der Waals surface area contributed by atoms with Crippen molar-refractivity contribution in [2.45, 2.75) is 38.0 Å². The Bertz CT molecular complexity index is 444. The first-order valence-corrected chi connectivity index (χ1v) is 7.55. The highest BCUT2D eigenvalue weighted by atomic mass is 19.1. The maximum absolute atomic E-state index is 13.4. The lowest BCUT2D eigenvalue weighted by atomic mass is 9.99. The lowest BCUT2D eigenvalue weighted by Crippen LogP contribution is -2.47. The Morgan fingerprint density at radius 1 is 1.48 bits per heavy atom. The molecule has 5 heteroatoms. The van der Waals surface area contributed by atoms with Crippen LogP contribution in [0.15, 0.2) is 24.3 Å². The third-order valence-electron chi connectivity index (χ3n) is 4.12. The third kappa shape index (κ3) is 4.95. The van der Waals surface area contributed by atoms with Crippen molar-refractivity contribution >= 4 is 0 Å². The van der Waals surface area contributed by atoms with Gasteiger partial charge in [-0.3, -0.25) is 0 Å². The fourth-order valence-electron chi connectivity index (χ4n) is 2.58. The second-order valence-electron chi connectivity index (χ2n) is 5.85. The zero-order valence-electron chi connectivity index (χ0n) is 12.8. The van der Waals surface area contributed by atoms with Crippen LogP contribution >= 0.6 is 0 Å². The smallest absolute Gasteiger partial charge is 0.165 e. The van der Waals surface area contributed by atoms with Crippen molar-refractivity contribution in [1.29, 1.82) is 0 Å². The average Bonchev–Trinajstić information content (AvgIpc) is 2.47. The highest BCUT2D eigenvalue weighted by Crippen LogP contribution is 2.16. The van der Waals surface area contributed by atoms with Gasteiger partial charge in [0.1, 0.15) is 12.7 Å². The highest BCUT2D eigenvalue weighted by Gasteiger charge is 2.22. The number of benzene rings is 1. The van der Waals surface area contributed by atoms with E-state index in [4.69, 9.17) is 4.74 Å². The Morgan fingerprint density at radius 3 is 2.95 bits per heavy atom. The molecular formula is C16H25FN2O2. The van der Waals surface area contributed by atoms with E-state index in [2.05, 4.69) is 24.2 Å². The van der Waals surface area contributed by atoms with Crippen molar-refractivity contribution in [2.75, 3.05) is 26.7 Å². The second-order valence-corrected chi connectivity index (χ2v) is 5.85. The molecule has 0 amide bonds. The maximum Gasteiger partial charge on any atom is 0.165 e. The van der Waals surface area contributed by atoms with E-state index in [1.54, 1.807) is 18.2 Å². The summed E-state index contributed by atoms with van der Waals surface area (Å²) in [5.41, 5.74) is 0. The van der Waals surface area contributed by atoms with Gasteiger partial charge in [0.25, 0.3) is 0 Å². The van der Waals surface area contributed by atoms with Crippen molar-refractivity contribution in [3.05, 3.63) is 30.1 Å². The fraction of sp³-hybridized carbons (Fsp3) is 0.625. The molecule has 118 valence electrons. The average molecular weight is 296 g/mol. The number of para-hydroxylation sites is 1. The van der Waals surface area contributed by atoms with Crippen molar-refractivity contribution in [3.63, 3.8) is 0 Å². The minimum Gasteiger partial charge on any atom is -0.488 e. The molecule has 0 aliphatic carbocycles. The normalized spacial score (nSPS) is 24.8. The molecule has 1 aromatic rings. The van der Waals surface area contributed by atoms with Crippen molar-refractivity contribution in [1.82, 2.24) is 10.2 Å². The van der Waals surface area contributed by atoms with Gasteiger partial charge in [-0.2, -0.15) is 0 Å². The molecule has 1 aliphatic heterocycles. The number of aliphatic hydroxyl groups excluding tert-OH is 1. The van der Waals surface area contributed by atoms with E-state index in [1.165, 1.54) is 6.07 Å². The number of piperidine rings is 1. The molecule has 0 bridgehead atoms. The van der Waals surface area contributed by atoms with Crippen LogP contribution in [0.5, 0.6) is 5.75 Å². The Hall–Kier alpha value is -1.17. The predicted molar refractivity (Wildman–Crippen MR) is 81.0 cm³/mol. The summed E-state index contributed by atoms with van der Waals surface area (Å²) in [7, 11) is 2.14. The Labute approximate surface area is 125 Å². The van der Waals surface area contributed by atoms with Crippen LogP contribution in [0.3, 0.4) is 0 Å². The number of hydrogen-bond acceptors (Lipinski definition) is 4. The molecule has 1 saturated heterocycles. The van der Waals surface area contributed by atoms with Crippen LogP contribution in [-0.4, -0.2) is 54.9 Å². The lowest BCUT2D eigenvalue weighted by Gasteiger charge is -2.35. The van der Waals surface area contributed by atoms with Crippen LogP contribution in [-0.2, 0) is 0 Å². The van der Waals surface area contributed by atoms with Crippen LogP contribution in [0, 0.1) is 5.82 Å². The SMILES string of the molecule is CC1CC(NCC(O)COc2ccccc2F)CCN1C. The van der Waals surface area contributed by atoms with E-state index < -0.39 is 11.9 Å². The number of hydrogen-bond donors (Lipinski definition) is 2. The summed E-state index contributed by atoms with van der Waals surface area (Å²) in [6.45, 7) is 3.85. The fourth-order valence-corrected chi connectivity index (χ4v) is 2.58. The number of ether oxygens (including phenoxy) is 1. The molecule has 0 aromatic heterocycles. The summed E-state index contributed by atoms with van der Waals surface area (Å²) < 4.78 is 18.7. The quantitative estimate of drug-likeness (QED) is 0.837. The number of nitrogens with zero attached hydrogens (tertiary/aromatic N) is 1. The minimum absolute atomic E-state index is 0.0934. The summed E-state index contributed by atoms with van der Waals surface area (Å²) in [5, 5.41) is 13.3. The van der Waals surface area contributed by atoms with Crippen LogP contribution in [0.4, 0.5) is 4.39 Å². The third-order valence-corrected chi connectivity index (χ3v) is 4.12. The van der Waals surface area contributed by atoms with Gasteiger partial charge in [-0.1, -0.05) is 12.1 Å². The van der Waals surface area contributed by atoms with E-state index in [-0.39, 0.29) is 12.4 Å². The van der Waals surface area contributed by atoms with Gasteiger partial charge >= 0.3 is 0 Å². The number of nitrogens with one attached hydrogen (secondary N) is 1. The van der Waals surface area contributed by atoms with Gasteiger partial charge in [-0.25, -0.2) is 4.39 Å².